The number of anilines is 1. The second-order valence-corrected chi connectivity index (χ2v) is 4.69. The zero-order valence-electron chi connectivity index (χ0n) is 11.2. The van der Waals surface area contributed by atoms with E-state index in [0.717, 1.165) is 12.8 Å². The smallest absolute Gasteiger partial charge is 0.270 e. The summed E-state index contributed by atoms with van der Waals surface area (Å²) < 4.78 is 0. The maximum Gasteiger partial charge on any atom is 0.270 e. The Kier molecular flexibility index (Phi) is 4.19. The van der Waals surface area contributed by atoms with Gasteiger partial charge in [0.25, 0.3) is 11.6 Å². The minimum absolute atomic E-state index is 0.118. The molecular weight excluding hydrogens is 262 g/mol. The van der Waals surface area contributed by atoms with Crippen LogP contribution in [-0.2, 0) is 0 Å². The van der Waals surface area contributed by atoms with Crippen molar-refractivity contribution < 1.29 is 14.8 Å². The van der Waals surface area contributed by atoms with Gasteiger partial charge in [0.2, 0.25) is 0 Å². The number of nitro benzene ring substituents is 1. The molecule has 1 amide bonds. The van der Waals surface area contributed by atoms with E-state index in [4.69, 9.17) is 5.11 Å². The van der Waals surface area contributed by atoms with Gasteiger partial charge in [-0.05, 0) is 18.9 Å². The number of carbonyl (C=O) groups excluding carboxylic acids is 1. The Morgan fingerprint density at radius 2 is 2.25 bits per heavy atom. The summed E-state index contributed by atoms with van der Waals surface area (Å²) in [5, 5.41) is 22.8. The van der Waals surface area contributed by atoms with Crippen LogP contribution in [0.3, 0.4) is 0 Å². The van der Waals surface area contributed by atoms with Gasteiger partial charge < -0.3 is 15.3 Å². The summed E-state index contributed by atoms with van der Waals surface area (Å²) in [6, 6.07) is 4.30. The summed E-state index contributed by atoms with van der Waals surface area (Å²) in [5.74, 6) is -0.283. The van der Waals surface area contributed by atoms with Crippen LogP contribution in [0.5, 0.6) is 0 Å². The lowest BCUT2D eigenvalue weighted by molar-refractivity contribution is -0.384. The Labute approximate surface area is 116 Å². The molecule has 0 aliphatic heterocycles. The van der Waals surface area contributed by atoms with Crippen molar-refractivity contribution in [1.29, 1.82) is 0 Å². The normalized spacial score (nSPS) is 13.9. The first kappa shape index (κ1) is 14.3. The van der Waals surface area contributed by atoms with Crippen molar-refractivity contribution in [3.05, 3.63) is 33.9 Å². The fourth-order valence-corrected chi connectivity index (χ4v) is 2.14. The van der Waals surface area contributed by atoms with Gasteiger partial charge in [0.05, 0.1) is 17.1 Å². The molecule has 7 heteroatoms. The van der Waals surface area contributed by atoms with E-state index in [1.807, 2.05) is 0 Å². The number of rotatable bonds is 6. The van der Waals surface area contributed by atoms with Gasteiger partial charge in [-0.3, -0.25) is 14.9 Å². The quantitative estimate of drug-likeness (QED) is 0.603. The average molecular weight is 279 g/mol. The van der Waals surface area contributed by atoms with E-state index in [1.54, 1.807) is 11.9 Å². The number of nitrogens with one attached hydrogen (secondary N) is 1. The van der Waals surface area contributed by atoms with Crippen molar-refractivity contribution in [2.45, 2.75) is 18.9 Å². The summed E-state index contributed by atoms with van der Waals surface area (Å²) in [6.07, 6.45) is 1.82. The average Bonchev–Trinajstić information content (AvgIpc) is 3.27. The topological polar surface area (TPSA) is 95.7 Å². The highest BCUT2D eigenvalue weighted by Gasteiger charge is 2.33. The monoisotopic (exact) mass is 279 g/mol. The molecule has 1 aliphatic rings. The molecular formula is C13H17N3O4. The Morgan fingerprint density at radius 1 is 1.55 bits per heavy atom. The molecule has 1 aromatic rings. The van der Waals surface area contributed by atoms with Gasteiger partial charge in [-0.1, -0.05) is 0 Å². The predicted molar refractivity (Wildman–Crippen MR) is 73.8 cm³/mol. The van der Waals surface area contributed by atoms with Crippen molar-refractivity contribution >= 4 is 17.3 Å². The highest BCUT2D eigenvalue weighted by molar-refractivity contribution is 6.00. The molecule has 2 N–H and O–H groups in total. The number of non-ortho nitro benzene ring substituents is 1. The molecule has 2 rings (SSSR count). The first-order valence-electron chi connectivity index (χ1n) is 6.46. The van der Waals surface area contributed by atoms with Crippen molar-refractivity contribution in [3.8, 4) is 0 Å². The first-order valence-corrected chi connectivity index (χ1v) is 6.46. The van der Waals surface area contributed by atoms with Gasteiger partial charge in [0.1, 0.15) is 0 Å². The van der Waals surface area contributed by atoms with Gasteiger partial charge in [0.15, 0.2) is 0 Å². The predicted octanol–water partition coefficient (Wildman–Crippen LogP) is 1.23. The van der Waals surface area contributed by atoms with Gasteiger partial charge in [-0.15, -0.1) is 0 Å². The van der Waals surface area contributed by atoms with Crippen molar-refractivity contribution in [2.24, 2.45) is 0 Å². The third kappa shape index (κ3) is 2.88. The summed E-state index contributed by atoms with van der Waals surface area (Å²) >= 11 is 0. The van der Waals surface area contributed by atoms with E-state index in [9.17, 15) is 14.9 Å². The number of amides is 1. The standard InChI is InChI=1S/C13H17N3O4/c1-14-12-5-4-10(16(19)20)8-11(12)13(18)15(6-7-17)9-2-3-9/h4-5,8-9,14,17H,2-3,6-7H2,1H3. The van der Waals surface area contributed by atoms with Crippen LogP contribution in [0.4, 0.5) is 11.4 Å². The van der Waals surface area contributed by atoms with Crippen LogP contribution in [0.1, 0.15) is 23.2 Å². The van der Waals surface area contributed by atoms with Gasteiger partial charge >= 0.3 is 0 Å². The molecule has 0 saturated heterocycles. The largest absolute Gasteiger partial charge is 0.395 e. The molecule has 0 bridgehead atoms. The Balaban J connectivity index is 2.35. The summed E-state index contributed by atoms with van der Waals surface area (Å²) in [5.41, 5.74) is 0.693. The molecule has 1 aromatic carbocycles. The molecule has 0 aromatic heterocycles. The zero-order chi connectivity index (χ0) is 14.7. The van der Waals surface area contributed by atoms with Crippen LogP contribution in [0, 0.1) is 10.1 Å². The lowest BCUT2D eigenvalue weighted by atomic mass is 10.1. The number of aliphatic hydroxyl groups excluding tert-OH is 1. The van der Waals surface area contributed by atoms with E-state index >= 15 is 0 Å². The number of hydrogen-bond donors (Lipinski definition) is 2. The Hall–Kier alpha value is -2.15. The van der Waals surface area contributed by atoms with E-state index in [1.165, 1.54) is 18.2 Å². The lowest BCUT2D eigenvalue weighted by Gasteiger charge is -2.22. The molecule has 1 fully saturated rings. The molecule has 1 saturated carbocycles. The second kappa shape index (κ2) is 5.87. The number of nitrogens with zero attached hydrogens (tertiary/aromatic N) is 2. The highest BCUT2D eigenvalue weighted by atomic mass is 16.6. The molecule has 0 heterocycles. The van der Waals surface area contributed by atoms with Crippen LogP contribution in [0.25, 0.3) is 0 Å². The maximum absolute atomic E-state index is 12.5. The molecule has 108 valence electrons. The summed E-state index contributed by atoms with van der Waals surface area (Å²) in [6.45, 7) is 0.126. The third-order valence-corrected chi connectivity index (χ3v) is 3.30. The number of nitro groups is 1. The molecule has 7 nitrogen and oxygen atoms in total. The minimum Gasteiger partial charge on any atom is -0.395 e. The van der Waals surface area contributed by atoms with Crippen LogP contribution in [0.15, 0.2) is 18.2 Å². The van der Waals surface area contributed by atoms with Gasteiger partial charge in [-0.25, -0.2) is 0 Å². The highest BCUT2D eigenvalue weighted by Crippen LogP contribution is 2.30. The van der Waals surface area contributed by atoms with Gasteiger partial charge in [-0.2, -0.15) is 0 Å². The fraction of sp³-hybridized carbons (Fsp3) is 0.462. The van der Waals surface area contributed by atoms with E-state index in [0.29, 0.717) is 5.69 Å². The Morgan fingerprint density at radius 3 is 2.75 bits per heavy atom. The SMILES string of the molecule is CNc1ccc([N+](=O)[O-])cc1C(=O)N(CCO)C1CC1. The summed E-state index contributed by atoms with van der Waals surface area (Å²) in [7, 11) is 1.66. The van der Waals surface area contributed by atoms with Gasteiger partial charge in [0, 0.05) is 37.5 Å². The van der Waals surface area contributed by atoms with E-state index in [2.05, 4.69) is 5.32 Å². The van der Waals surface area contributed by atoms with Crippen molar-refractivity contribution in [3.63, 3.8) is 0 Å². The lowest BCUT2D eigenvalue weighted by Crippen LogP contribution is -2.35. The third-order valence-electron chi connectivity index (χ3n) is 3.30. The number of benzene rings is 1. The summed E-state index contributed by atoms with van der Waals surface area (Å²) in [4.78, 5) is 24.4. The molecule has 0 atom stereocenters. The zero-order valence-corrected chi connectivity index (χ0v) is 11.2. The van der Waals surface area contributed by atoms with Crippen LogP contribution in [-0.4, -0.2) is 47.1 Å². The van der Waals surface area contributed by atoms with Crippen molar-refractivity contribution in [2.75, 3.05) is 25.5 Å². The maximum atomic E-state index is 12.5. The molecule has 0 unspecified atom stereocenters. The number of aliphatic hydroxyl groups is 1. The molecule has 1 aliphatic carbocycles. The van der Waals surface area contributed by atoms with E-state index in [-0.39, 0.29) is 36.4 Å². The minimum atomic E-state index is -0.524. The number of carbonyl (C=O) groups is 1. The van der Waals surface area contributed by atoms with Crippen LogP contribution < -0.4 is 5.32 Å². The second-order valence-electron chi connectivity index (χ2n) is 4.69. The first-order chi connectivity index (χ1) is 9.58. The fourth-order valence-electron chi connectivity index (χ4n) is 2.14. The molecule has 20 heavy (non-hydrogen) atoms. The Bertz CT molecular complexity index is 528. The van der Waals surface area contributed by atoms with E-state index < -0.39 is 4.92 Å². The molecule has 0 radical (unpaired) electrons. The van der Waals surface area contributed by atoms with Crippen LogP contribution >= 0.6 is 0 Å². The van der Waals surface area contributed by atoms with Crippen LogP contribution in [0.2, 0.25) is 0 Å². The van der Waals surface area contributed by atoms with Crippen molar-refractivity contribution in [1.82, 2.24) is 4.90 Å². The number of hydrogen-bond acceptors (Lipinski definition) is 5. The molecule has 0 spiro atoms.